The van der Waals surface area contributed by atoms with Gasteiger partial charge in [0, 0.05) is 19.2 Å². The molecule has 1 aliphatic rings. The number of fused-ring (bicyclic) bond motifs is 1. The molecule has 0 amide bonds. The van der Waals surface area contributed by atoms with Gasteiger partial charge in [0.05, 0.1) is 23.8 Å². The summed E-state index contributed by atoms with van der Waals surface area (Å²) in [6, 6.07) is 9.57. The van der Waals surface area contributed by atoms with Gasteiger partial charge in [-0.25, -0.2) is 22.1 Å². The van der Waals surface area contributed by atoms with Crippen molar-refractivity contribution in [1.29, 1.82) is 0 Å². The average Bonchev–Trinajstić information content (AvgIpc) is 3.21. The number of rotatable bonds is 3. The summed E-state index contributed by atoms with van der Waals surface area (Å²) in [5.74, 6) is 0.617. The number of anilines is 1. The third kappa shape index (κ3) is 2.72. The van der Waals surface area contributed by atoms with E-state index in [1.165, 1.54) is 10.5 Å². The Hall–Kier alpha value is -2.61. The first kappa shape index (κ1) is 15.9. The van der Waals surface area contributed by atoms with Crippen LogP contribution >= 0.6 is 0 Å². The van der Waals surface area contributed by atoms with Crippen LogP contribution in [0.2, 0.25) is 0 Å². The molecule has 8 heteroatoms. The van der Waals surface area contributed by atoms with E-state index in [0.29, 0.717) is 12.4 Å². The molecule has 3 heterocycles. The minimum atomic E-state index is -3.67. The minimum absolute atomic E-state index is 0.181. The molecule has 0 N–H and O–H groups in total. The lowest BCUT2D eigenvalue weighted by Crippen LogP contribution is -2.37. The Balaban J connectivity index is 1.71. The highest BCUT2D eigenvalue weighted by Gasteiger charge is 2.31. The maximum Gasteiger partial charge on any atom is 0.268 e. The van der Waals surface area contributed by atoms with Crippen LogP contribution in [0.5, 0.6) is 0 Å². The molecule has 4 rings (SSSR count). The van der Waals surface area contributed by atoms with E-state index in [4.69, 9.17) is 0 Å². The van der Waals surface area contributed by atoms with Crippen LogP contribution in [0.4, 0.5) is 5.82 Å². The van der Waals surface area contributed by atoms with Crippen molar-refractivity contribution in [1.82, 2.24) is 19.6 Å². The van der Waals surface area contributed by atoms with E-state index in [1.807, 2.05) is 38.1 Å². The highest BCUT2D eigenvalue weighted by atomic mass is 32.2. The number of nitrogens with zero attached hydrogens (tertiary/aromatic N) is 5. The van der Waals surface area contributed by atoms with Crippen molar-refractivity contribution in [3.8, 4) is 5.69 Å². The minimum Gasteiger partial charge on any atom is -0.250 e. The van der Waals surface area contributed by atoms with Crippen LogP contribution in [0.15, 0.2) is 47.6 Å². The van der Waals surface area contributed by atoms with Gasteiger partial charge in [0.2, 0.25) is 0 Å². The van der Waals surface area contributed by atoms with Gasteiger partial charge in [-0.15, -0.1) is 0 Å². The van der Waals surface area contributed by atoms with Crippen molar-refractivity contribution in [2.24, 2.45) is 0 Å². The van der Waals surface area contributed by atoms with Crippen molar-refractivity contribution in [3.05, 3.63) is 54.0 Å². The van der Waals surface area contributed by atoms with E-state index in [2.05, 4.69) is 10.2 Å². The third-order valence-electron chi connectivity index (χ3n) is 4.31. The lowest BCUT2D eigenvalue weighted by atomic mass is 10.2. The van der Waals surface area contributed by atoms with Crippen LogP contribution in [0.25, 0.3) is 5.69 Å². The number of aryl methyl sites for hydroxylation is 3. The standard InChI is InChI=1S/C17H19N5O2S/c1-13-4-6-15(7-5-13)21-12-16(11-18-21)25(23,24)22-9-3-8-20-17(22)10-14(2)19-20/h4-7,10-12H,3,8-9H2,1-2H3. The van der Waals surface area contributed by atoms with Crippen LogP contribution in [-0.2, 0) is 16.6 Å². The Morgan fingerprint density at radius 3 is 2.60 bits per heavy atom. The molecule has 0 unspecified atom stereocenters. The van der Waals surface area contributed by atoms with E-state index in [-0.39, 0.29) is 4.90 Å². The van der Waals surface area contributed by atoms with Gasteiger partial charge in [0.15, 0.2) is 0 Å². The van der Waals surface area contributed by atoms with Crippen LogP contribution in [0.3, 0.4) is 0 Å². The predicted molar refractivity (Wildman–Crippen MR) is 94.4 cm³/mol. The molecule has 0 spiro atoms. The molecule has 2 aromatic heterocycles. The fraction of sp³-hybridized carbons (Fsp3) is 0.294. The SMILES string of the molecule is Cc1ccc(-n2cc(S(=O)(=O)N3CCCn4nc(C)cc43)cn2)cc1. The predicted octanol–water partition coefficient (Wildman–Crippen LogP) is 2.28. The summed E-state index contributed by atoms with van der Waals surface area (Å²) in [4.78, 5) is 0.181. The summed E-state index contributed by atoms with van der Waals surface area (Å²) in [6.45, 7) is 5.05. The molecule has 0 saturated heterocycles. The first-order valence-electron chi connectivity index (χ1n) is 8.14. The number of aromatic nitrogens is 4. The van der Waals surface area contributed by atoms with Crippen LogP contribution in [-0.4, -0.2) is 34.5 Å². The Labute approximate surface area is 146 Å². The van der Waals surface area contributed by atoms with Crippen molar-refractivity contribution in [2.45, 2.75) is 31.7 Å². The van der Waals surface area contributed by atoms with Crippen molar-refractivity contribution < 1.29 is 8.42 Å². The molecule has 1 aliphatic heterocycles. The molecule has 0 saturated carbocycles. The van der Waals surface area contributed by atoms with E-state index in [1.54, 1.807) is 21.6 Å². The van der Waals surface area contributed by atoms with Gasteiger partial charge in [0.25, 0.3) is 10.0 Å². The Morgan fingerprint density at radius 1 is 1.08 bits per heavy atom. The van der Waals surface area contributed by atoms with Crippen LogP contribution in [0, 0.1) is 13.8 Å². The summed E-state index contributed by atoms with van der Waals surface area (Å²) in [6.07, 6.45) is 3.69. The molecule has 0 atom stereocenters. The van der Waals surface area contributed by atoms with E-state index in [0.717, 1.165) is 29.9 Å². The summed E-state index contributed by atoms with van der Waals surface area (Å²) >= 11 is 0. The lowest BCUT2D eigenvalue weighted by molar-refractivity contribution is 0.530. The van der Waals surface area contributed by atoms with E-state index < -0.39 is 10.0 Å². The first-order valence-corrected chi connectivity index (χ1v) is 9.58. The molecule has 0 aliphatic carbocycles. The second-order valence-electron chi connectivity index (χ2n) is 6.25. The second-order valence-corrected chi connectivity index (χ2v) is 8.12. The molecule has 7 nitrogen and oxygen atoms in total. The van der Waals surface area contributed by atoms with Crippen LogP contribution in [0.1, 0.15) is 17.7 Å². The fourth-order valence-electron chi connectivity index (χ4n) is 3.02. The van der Waals surface area contributed by atoms with Crippen molar-refractivity contribution >= 4 is 15.8 Å². The Kier molecular flexibility index (Phi) is 3.64. The molecule has 0 radical (unpaired) electrons. The number of sulfonamides is 1. The Bertz CT molecular complexity index is 1020. The smallest absolute Gasteiger partial charge is 0.250 e. The topological polar surface area (TPSA) is 73.0 Å². The molecule has 1 aromatic carbocycles. The van der Waals surface area contributed by atoms with Crippen molar-refractivity contribution in [2.75, 3.05) is 10.8 Å². The van der Waals surface area contributed by atoms with Gasteiger partial charge in [-0.2, -0.15) is 10.2 Å². The summed E-state index contributed by atoms with van der Waals surface area (Å²) < 4.78 is 30.9. The highest BCUT2D eigenvalue weighted by molar-refractivity contribution is 7.92. The average molecular weight is 357 g/mol. The summed E-state index contributed by atoms with van der Waals surface area (Å²) in [5, 5.41) is 8.59. The van der Waals surface area contributed by atoms with Gasteiger partial charge >= 0.3 is 0 Å². The molecular weight excluding hydrogens is 338 g/mol. The normalized spacial score (nSPS) is 14.6. The fourth-order valence-corrected chi connectivity index (χ4v) is 4.46. The first-order chi connectivity index (χ1) is 11.9. The number of benzene rings is 1. The maximum absolute atomic E-state index is 13.1. The van der Waals surface area contributed by atoms with Gasteiger partial charge in [-0.1, -0.05) is 17.7 Å². The molecule has 3 aromatic rings. The Morgan fingerprint density at radius 2 is 1.84 bits per heavy atom. The zero-order valence-corrected chi connectivity index (χ0v) is 14.9. The van der Waals surface area contributed by atoms with Gasteiger partial charge in [0.1, 0.15) is 10.7 Å². The van der Waals surface area contributed by atoms with E-state index >= 15 is 0 Å². The lowest BCUT2D eigenvalue weighted by Gasteiger charge is -2.28. The van der Waals surface area contributed by atoms with Gasteiger partial charge in [-0.05, 0) is 32.4 Å². The third-order valence-corrected chi connectivity index (χ3v) is 6.07. The van der Waals surface area contributed by atoms with E-state index in [9.17, 15) is 8.42 Å². The monoisotopic (exact) mass is 357 g/mol. The molecule has 130 valence electrons. The summed E-state index contributed by atoms with van der Waals surface area (Å²) in [5.41, 5.74) is 2.78. The molecule has 25 heavy (non-hydrogen) atoms. The maximum atomic E-state index is 13.1. The van der Waals surface area contributed by atoms with Gasteiger partial charge in [-0.3, -0.25) is 0 Å². The molecular formula is C17H19N5O2S. The van der Waals surface area contributed by atoms with Gasteiger partial charge < -0.3 is 0 Å². The largest absolute Gasteiger partial charge is 0.268 e. The zero-order valence-electron chi connectivity index (χ0n) is 14.1. The van der Waals surface area contributed by atoms with Crippen LogP contribution < -0.4 is 4.31 Å². The second kappa shape index (κ2) is 5.73. The number of hydrogen-bond acceptors (Lipinski definition) is 4. The summed E-state index contributed by atoms with van der Waals surface area (Å²) in [7, 11) is -3.67. The highest BCUT2D eigenvalue weighted by Crippen LogP contribution is 2.28. The number of hydrogen-bond donors (Lipinski definition) is 0. The molecule has 0 bridgehead atoms. The van der Waals surface area contributed by atoms with Crippen molar-refractivity contribution in [3.63, 3.8) is 0 Å². The quantitative estimate of drug-likeness (QED) is 0.721. The zero-order chi connectivity index (χ0) is 17.6. The molecule has 0 fully saturated rings.